The van der Waals surface area contributed by atoms with Gasteiger partial charge in [-0.25, -0.2) is 24.1 Å². The molecule has 0 aliphatic carbocycles. The number of anilines is 2. The Morgan fingerprint density at radius 2 is 2.00 bits per heavy atom. The van der Waals surface area contributed by atoms with Gasteiger partial charge in [-0.3, -0.25) is 9.69 Å². The van der Waals surface area contributed by atoms with Gasteiger partial charge in [-0.15, -0.1) is 0 Å². The molecule has 0 unspecified atom stereocenters. The van der Waals surface area contributed by atoms with Crippen molar-refractivity contribution in [1.82, 2.24) is 24.3 Å². The number of halogens is 1. The molecule has 3 aromatic heterocycles. The van der Waals surface area contributed by atoms with Crippen LogP contribution in [0.25, 0.3) is 5.65 Å². The van der Waals surface area contributed by atoms with Crippen LogP contribution in [0.15, 0.2) is 30.9 Å². The van der Waals surface area contributed by atoms with E-state index in [9.17, 15) is 14.0 Å². The fourth-order valence-corrected chi connectivity index (χ4v) is 4.25. The number of hydrogen-bond acceptors (Lipinski definition) is 8. The normalized spacial score (nSPS) is 16.9. The zero-order valence-corrected chi connectivity index (χ0v) is 18.5. The summed E-state index contributed by atoms with van der Waals surface area (Å²) in [4.78, 5) is 40.1. The second kappa shape index (κ2) is 8.95. The zero-order valence-electron chi connectivity index (χ0n) is 18.5. The minimum atomic E-state index is -0.947. The highest BCUT2D eigenvalue weighted by Crippen LogP contribution is 2.25. The first-order valence-corrected chi connectivity index (χ1v) is 10.9. The molecule has 2 N–H and O–H groups in total. The number of carbonyl (C=O) groups excluding carboxylic acids is 1. The van der Waals surface area contributed by atoms with E-state index in [0.717, 1.165) is 32.7 Å². The van der Waals surface area contributed by atoms with E-state index in [1.165, 1.54) is 16.7 Å². The summed E-state index contributed by atoms with van der Waals surface area (Å²) in [5.74, 6) is -0.769. The molecule has 0 saturated carbocycles. The number of hydrogen-bond donors (Lipinski definition) is 2. The van der Waals surface area contributed by atoms with Crippen molar-refractivity contribution < 1.29 is 23.8 Å². The van der Waals surface area contributed by atoms with Crippen LogP contribution in [0, 0.1) is 18.7 Å². The van der Waals surface area contributed by atoms with E-state index in [2.05, 4.69) is 30.1 Å². The lowest BCUT2D eigenvalue weighted by Crippen LogP contribution is -2.59. The molecule has 0 atom stereocenters. The number of nitrogens with one attached hydrogen (secondary N) is 1. The van der Waals surface area contributed by atoms with Crippen molar-refractivity contribution in [3.05, 3.63) is 48.1 Å². The van der Waals surface area contributed by atoms with Gasteiger partial charge in [0.2, 0.25) is 0 Å². The number of ether oxygens (including phenoxy) is 1. The van der Waals surface area contributed by atoms with E-state index in [-0.39, 0.29) is 24.1 Å². The summed E-state index contributed by atoms with van der Waals surface area (Å²) in [7, 11) is 0. The number of aromatic nitrogens is 4. The quantitative estimate of drug-likeness (QED) is 0.498. The highest BCUT2D eigenvalue weighted by molar-refractivity contribution is 6.02. The average Bonchev–Trinajstić information content (AvgIpc) is 3.11. The molecular formula is C22H24FN7O4. The minimum Gasteiger partial charge on any atom is -0.480 e. The number of carboxylic acids is 1. The lowest BCUT2D eigenvalue weighted by Gasteiger charge is -2.46. The number of likely N-dealkylation sites (tertiary alicyclic amines) is 1. The first-order valence-electron chi connectivity index (χ1n) is 10.9. The number of pyridine rings is 1. The number of imidazole rings is 1. The van der Waals surface area contributed by atoms with Gasteiger partial charge in [-0.2, -0.15) is 0 Å². The lowest BCUT2D eigenvalue weighted by atomic mass is 9.97. The minimum absolute atomic E-state index is 0.000640. The smallest absolute Gasteiger partial charge is 0.329 e. The molecule has 11 nitrogen and oxygen atoms in total. The molecule has 1 amide bonds. The lowest BCUT2D eigenvalue weighted by molar-refractivity contribution is -0.148. The van der Waals surface area contributed by atoms with Crippen molar-refractivity contribution in [3.8, 4) is 0 Å². The Balaban J connectivity index is 1.10. The number of carboxylic acid groups (broad SMARTS) is 1. The number of carbonyl (C=O) groups is 2. The monoisotopic (exact) mass is 469 g/mol. The maximum atomic E-state index is 14.2. The average molecular weight is 469 g/mol. The predicted octanol–water partition coefficient (Wildman–Crippen LogP) is 1.05. The van der Waals surface area contributed by atoms with Gasteiger partial charge in [-0.1, -0.05) is 0 Å². The maximum Gasteiger partial charge on any atom is 0.329 e. The predicted molar refractivity (Wildman–Crippen MR) is 119 cm³/mol. The summed E-state index contributed by atoms with van der Waals surface area (Å²) in [5, 5.41) is 11.3. The summed E-state index contributed by atoms with van der Waals surface area (Å²) < 4.78 is 21.0. The number of nitrogens with zero attached hydrogens (tertiary/aromatic N) is 6. The third kappa shape index (κ3) is 4.68. The summed E-state index contributed by atoms with van der Waals surface area (Å²) in [5.41, 5.74) is 1.31. The molecule has 2 saturated heterocycles. The van der Waals surface area contributed by atoms with E-state index in [4.69, 9.17) is 9.84 Å². The number of amides is 1. The van der Waals surface area contributed by atoms with Gasteiger partial charge in [0.15, 0.2) is 11.5 Å². The molecule has 2 aliphatic rings. The third-order valence-electron chi connectivity index (χ3n) is 5.92. The summed E-state index contributed by atoms with van der Waals surface area (Å²) in [6.45, 7) is 5.62. The number of rotatable bonds is 8. The molecule has 0 bridgehead atoms. The largest absolute Gasteiger partial charge is 0.480 e. The first-order chi connectivity index (χ1) is 16.3. The van der Waals surface area contributed by atoms with Gasteiger partial charge in [0.1, 0.15) is 18.1 Å². The van der Waals surface area contributed by atoms with Gasteiger partial charge in [-0.05, 0) is 6.92 Å². The van der Waals surface area contributed by atoms with E-state index in [0.29, 0.717) is 23.1 Å². The van der Waals surface area contributed by atoms with Crippen LogP contribution in [-0.2, 0) is 9.53 Å². The van der Waals surface area contributed by atoms with E-state index >= 15 is 0 Å². The fourth-order valence-electron chi connectivity index (χ4n) is 4.25. The Hall–Kier alpha value is -3.64. The highest BCUT2D eigenvalue weighted by atomic mass is 19.1. The Morgan fingerprint density at radius 3 is 2.71 bits per heavy atom. The summed E-state index contributed by atoms with van der Waals surface area (Å²) in [6.07, 6.45) is 6.24. The van der Waals surface area contributed by atoms with Crippen molar-refractivity contribution in [3.63, 3.8) is 0 Å². The van der Waals surface area contributed by atoms with Crippen LogP contribution in [0.5, 0.6) is 0 Å². The molecule has 2 aliphatic heterocycles. The summed E-state index contributed by atoms with van der Waals surface area (Å²) >= 11 is 0. The van der Waals surface area contributed by atoms with E-state index in [1.807, 2.05) is 0 Å². The van der Waals surface area contributed by atoms with Gasteiger partial charge in [0.05, 0.1) is 29.9 Å². The Morgan fingerprint density at radius 1 is 1.21 bits per heavy atom. The van der Waals surface area contributed by atoms with Gasteiger partial charge >= 0.3 is 5.97 Å². The Labute approximate surface area is 194 Å². The van der Waals surface area contributed by atoms with Crippen LogP contribution in [0.2, 0.25) is 0 Å². The summed E-state index contributed by atoms with van der Waals surface area (Å²) in [6, 6.07) is 1.22. The standard InChI is InChI=1S/C22H24FN7O4/c1-13-5-30-9-15(2-17(23)21(30)26-13)27-22(33)18-3-25-19(4-24-18)29-7-14(8-29)6-28-10-16(11-28)34-12-20(31)32/h2-5,9,14,16H,6-8,10-12H2,1H3,(H,27,33)(H,31,32). The molecule has 34 heavy (non-hydrogen) atoms. The molecular weight excluding hydrogens is 445 g/mol. The van der Waals surface area contributed by atoms with Crippen LogP contribution in [0.4, 0.5) is 15.9 Å². The van der Waals surface area contributed by atoms with Crippen LogP contribution < -0.4 is 10.2 Å². The van der Waals surface area contributed by atoms with Crippen molar-refractivity contribution in [2.75, 3.05) is 49.5 Å². The first kappa shape index (κ1) is 22.2. The number of aryl methyl sites for hydroxylation is 1. The van der Waals surface area contributed by atoms with Crippen molar-refractivity contribution in [1.29, 1.82) is 0 Å². The van der Waals surface area contributed by atoms with Gasteiger partial charge in [0, 0.05) is 57.1 Å². The molecule has 0 aromatic carbocycles. The highest BCUT2D eigenvalue weighted by Gasteiger charge is 2.34. The van der Waals surface area contributed by atoms with Crippen molar-refractivity contribution in [2.24, 2.45) is 5.92 Å². The van der Waals surface area contributed by atoms with Crippen LogP contribution in [0.3, 0.4) is 0 Å². The SMILES string of the molecule is Cc1cn2cc(NC(=O)c3cnc(N4CC(CN5CC(OCC(=O)O)C5)C4)cn3)cc(F)c2n1. The second-order valence-corrected chi connectivity index (χ2v) is 8.72. The third-order valence-corrected chi connectivity index (χ3v) is 5.92. The number of fused-ring (bicyclic) bond motifs is 1. The molecule has 3 aromatic rings. The van der Waals surface area contributed by atoms with Crippen molar-refractivity contribution in [2.45, 2.75) is 13.0 Å². The molecule has 2 fully saturated rings. The molecule has 12 heteroatoms. The number of aliphatic carboxylic acids is 1. The van der Waals surface area contributed by atoms with E-state index in [1.54, 1.807) is 25.5 Å². The molecule has 5 heterocycles. The molecule has 0 spiro atoms. The maximum absolute atomic E-state index is 14.2. The second-order valence-electron chi connectivity index (χ2n) is 8.72. The van der Waals surface area contributed by atoms with Crippen LogP contribution in [-0.4, -0.2) is 86.7 Å². The fraction of sp³-hybridized carbons (Fsp3) is 0.409. The van der Waals surface area contributed by atoms with Crippen LogP contribution in [0.1, 0.15) is 16.2 Å². The Kier molecular flexibility index (Phi) is 5.84. The zero-order chi connectivity index (χ0) is 23.8. The molecule has 0 radical (unpaired) electrons. The Bertz CT molecular complexity index is 1220. The van der Waals surface area contributed by atoms with Gasteiger partial charge in [0.25, 0.3) is 5.91 Å². The van der Waals surface area contributed by atoms with Crippen LogP contribution >= 0.6 is 0 Å². The molecule has 5 rings (SSSR count). The van der Waals surface area contributed by atoms with E-state index < -0.39 is 17.7 Å². The molecule has 178 valence electrons. The topological polar surface area (TPSA) is 125 Å². The van der Waals surface area contributed by atoms with Crippen molar-refractivity contribution >= 4 is 29.0 Å². The van der Waals surface area contributed by atoms with Gasteiger partial charge < -0.3 is 24.5 Å².